The van der Waals surface area contributed by atoms with Gasteiger partial charge in [-0.3, -0.25) is 0 Å². The predicted octanol–water partition coefficient (Wildman–Crippen LogP) is 3.38. The van der Waals surface area contributed by atoms with E-state index in [0.717, 1.165) is 23.8 Å². The third-order valence-electron chi connectivity index (χ3n) is 2.87. The summed E-state index contributed by atoms with van der Waals surface area (Å²) in [6, 6.07) is 10.2. The lowest BCUT2D eigenvalue weighted by atomic mass is 10.2. The van der Waals surface area contributed by atoms with Crippen molar-refractivity contribution in [1.29, 1.82) is 0 Å². The molecule has 0 fully saturated rings. The number of hydrogen-bond acceptors (Lipinski definition) is 3. The highest BCUT2D eigenvalue weighted by molar-refractivity contribution is 6.31. The van der Waals surface area contributed by atoms with Crippen molar-refractivity contribution in [2.24, 2.45) is 0 Å². The van der Waals surface area contributed by atoms with Crippen molar-refractivity contribution in [3.05, 3.63) is 52.4 Å². The Bertz CT molecular complexity index is 540. The molecule has 1 heterocycles. The number of anilines is 1. The van der Waals surface area contributed by atoms with Crippen LogP contribution in [0.3, 0.4) is 0 Å². The molecule has 0 N–H and O–H groups in total. The fourth-order valence-corrected chi connectivity index (χ4v) is 2.05. The second-order valence-electron chi connectivity index (χ2n) is 4.35. The van der Waals surface area contributed by atoms with Crippen LogP contribution in [-0.2, 0) is 6.54 Å². The molecule has 1 aromatic carbocycles. The summed E-state index contributed by atoms with van der Waals surface area (Å²) in [5, 5.41) is 0.455. The highest BCUT2D eigenvalue weighted by Gasteiger charge is 2.11. The molecule has 0 aliphatic heterocycles. The second-order valence-corrected chi connectivity index (χ2v) is 4.71. The first kappa shape index (κ1) is 12.8. The largest absolute Gasteiger partial charge is 0.353 e. The van der Waals surface area contributed by atoms with Gasteiger partial charge in [-0.15, -0.1) is 0 Å². The van der Waals surface area contributed by atoms with Gasteiger partial charge in [-0.25, -0.2) is 9.97 Å². The number of hydrogen-bond donors (Lipinski definition) is 0. The summed E-state index contributed by atoms with van der Waals surface area (Å²) in [6.07, 6.45) is 0. The molecule has 0 saturated carbocycles. The van der Waals surface area contributed by atoms with Crippen LogP contribution in [0.1, 0.15) is 17.0 Å². The Morgan fingerprint density at radius 2 is 1.67 bits per heavy atom. The Labute approximate surface area is 112 Å². The van der Waals surface area contributed by atoms with Crippen molar-refractivity contribution in [1.82, 2.24) is 9.97 Å². The summed E-state index contributed by atoms with van der Waals surface area (Å²) >= 11 is 6.15. The first-order valence-electron chi connectivity index (χ1n) is 5.83. The minimum atomic E-state index is 0.455. The van der Waals surface area contributed by atoms with Gasteiger partial charge in [0.25, 0.3) is 0 Å². The summed E-state index contributed by atoms with van der Waals surface area (Å²) in [5.74, 6) is 0.726. The van der Waals surface area contributed by atoms with E-state index in [2.05, 4.69) is 22.1 Å². The maximum absolute atomic E-state index is 6.15. The predicted molar refractivity (Wildman–Crippen MR) is 75.1 cm³/mol. The van der Waals surface area contributed by atoms with E-state index in [1.165, 1.54) is 5.56 Å². The summed E-state index contributed by atoms with van der Waals surface area (Å²) in [5.41, 5.74) is 3.00. The lowest BCUT2D eigenvalue weighted by molar-refractivity contribution is 0.876. The van der Waals surface area contributed by atoms with Crippen LogP contribution in [0.4, 0.5) is 5.82 Å². The van der Waals surface area contributed by atoms with Crippen molar-refractivity contribution >= 4 is 17.4 Å². The Balaban J connectivity index is 2.24. The lowest BCUT2D eigenvalue weighted by Crippen LogP contribution is -2.19. The topological polar surface area (TPSA) is 29.0 Å². The van der Waals surface area contributed by atoms with Gasteiger partial charge in [-0.2, -0.15) is 0 Å². The molecule has 1 aromatic heterocycles. The molecule has 0 radical (unpaired) electrons. The summed E-state index contributed by atoms with van der Waals surface area (Å²) in [7, 11) is 1.97. The fourth-order valence-electron chi connectivity index (χ4n) is 1.74. The number of aromatic nitrogens is 2. The van der Waals surface area contributed by atoms with Gasteiger partial charge in [-0.05, 0) is 19.4 Å². The van der Waals surface area contributed by atoms with E-state index in [1.807, 2.05) is 44.0 Å². The maximum atomic E-state index is 6.15. The van der Waals surface area contributed by atoms with Crippen molar-refractivity contribution in [2.75, 3.05) is 11.9 Å². The average molecular weight is 262 g/mol. The van der Waals surface area contributed by atoms with E-state index in [-0.39, 0.29) is 0 Å². The minimum Gasteiger partial charge on any atom is -0.353 e. The smallest absolute Gasteiger partial charge is 0.171 e. The molecule has 94 valence electrons. The van der Waals surface area contributed by atoms with Crippen LogP contribution in [0.15, 0.2) is 30.3 Å². The van der Waals surface area contributed by atoms with Crippen LogP contribution in [0.2, 0.25) is 5.15 Å². The molecule has 4 heteroatoms. The normalized spacial score (nSPS) is 10.4. The van der Waals surface area contributed by atoms with E-state index >= 15 is 0 Å². The Hall–Kier alpha value is -1.61. The zero-order chi connectivity index (χ0) is 13.1. The van der Waals surface area contributed by atoms with Crippen LogP contribution >= 0.6 is 11.6 Å². The quantitative estimate of drug-likeness (QED) is 0.848. The maximum Gasteiger partial charge on any atom is 0.171 e. The van der Waals surface area contributed by atoms with Crippen molar-refractivity contribution < 1.29 is 0 Å². The van der Waals surface area contributed by atoms with Gasteiger partial charge < -0.3 is 4.90 Å². The molecule has 0 aliphatic carbocycles. The number of aryl methyl sites for hydroxylation is 2. The lowest BCUT2D eigenvalue weighted by Gasteiger charge is -2.19. The van der Waals surface area contributed by atoms with Gasteiger partial charge in [0.1, 0.15) is 0 Å². The first-order valence-corrected chi connectivity index (χ1v) is 6.21. The second kappa shape index (κ2) is 5.36. The molecule has 0 aliphatic rings. The molecule has 2 aromatic rings. The molecular weight excluding hydrogens is 246 g/mol. The molecule has 18 heavy (non-hydrogen) atoms. The van der Waals surface area contributed by atoms with Gasteiger partial charge in [0, 0.05) is 13.6 Å². The molecule has 0 saturated heterocycles. The van der Waals surface area contributed by atoms with Gasteiger partial charge in [0.05, 0.1) is 11.4 Å². The molecule has 2 rings (SSSR count). The monoisotopic (exact) mass is 261 g/mol. The van der Waals surface area contributed by atoms with Gasteiger partial charge >= 0.3 is 0 Å². The molecular formula is C14H16ClN3. The molecule has 0 bridgehead atoms. The molecule has 0 atom stereocenters. The van der Waals surface area contributed by atoms with Crippen molar-refractivity contribution in [3.63, 3.8) is 0 Å². The molecule has 3 nitrogen and oxygen atoms in total. The number of halogens is 1. The molecule has 0 spiro atoms. The van der Waals surface area contributed by atoms with Crippen LogP contribution in [0, 0.1) is 13.8 Å². The average Bonchev–Trinajstić information content (AvgIpc) is 2.35. The van der Waals surface area contributed by atoms with Crippen molar-refractivity contribution in [3.8, 4) is 0 Å². The minimum absolute atomic E-state index is 0.455. The number of benzene rings is 1. The fraction of sp³-hybridized carbons (Fsp3) is 0.286. The van der Waals surface area contributed by atoms with Gasteiger partial charge in [0.2, 0.25) is 0 Å². The number of nitrogens with zero attached hydrogens (tertiary/aromatic N) is 3. The van der Waals surface area contributed by atoms with Gasteiger partial charge in [-0.1, -0.05) is 41.9 Å². The van der Waals surface area contributed by atoms with Crippen LogP contribution in [0.25, 0.3) is 0 Å². The third-order valence-corrected chi connectivity index (χ3v) is 3.13. The highest BCUT2D eigenvalue weighted by Crippen LogP contribution is 2.23. The standard InChI is InChI=1S/C14H16ClN3/c1-10-11(2)17-14(13(15)16-10)18(3)9-12-7-5-4-6-8-12/h4-8H,9H2,1-3H3. The molecule has 0 unspecified atom stereocenters. The summed E-state index contributed by atoms with van der Waals surface area (Å²) in [6.45, 7) is 4.62. The summed E-state index contributed by atoms with van der Waals surface area (Å²) < 4.78 is 0. The Morgan fingerprint density at radius 1 is 1.06 bits per heavy atom. The van der Waals surface area contributed by atoms with E-state index in [0.29, 0.717) is 5.15 Å². The zero-order valence-electron chi connectivity index (χ0n) is 10.8. The van der Waals surface area contributed by atoms with E-state index in [9.17, 15) is 0 Å². The van der Waals surface area contributed by atoms with E-state index in [1.54, 1.807) is 0 Å². The van der Waals surface area contributed by atoms with E-state index in [4.69, 9.17) is 11.6 Å². The molecule has 0 amide bonds. The highest BCUT2D eigenvalue weighted by atomic mass is 35.5. The van der Waals surface area contributed by atoms with E-state index < -0.39 is 0 Å². The van der Waals surface area contributed by atoms with Crippen LogP contribution < -0.4 is 4.90 Å². The van der Waals surface area contributed by atoms with Gasteiger partial charge in [0.15, 0.2) is 11.0 Å². The Morgan fingerprint density at radius 3 is 2.33 bits per heavy atom. The zero-order valence-corrected chi connectivity index (χ0v) is 11.6. The van der Waals surface area contributed by atoms with Crippen molar-refractivity contribution in [2.45, 2.75) is 20.4 Å². The first-order chi connectivity index (χ1) is 8.58. The Kier molecular flexibility index (Phi) is 3.82. The van der Waals surface area contributed by atoms with Crippen LogP contribution in [-0.4, -0.2) is 17.0 Å². The number of rotatable bonds is 3. The SMILES string of the molecule is Cc1nc(Cl)c(N(C)Cc2ccccc2)nc1C. The summed E-state index contributed by atoms with van der Waals surface area (Å²) in [4.78, 5) is 10.8. The van der Waals surface area contributed by atoms with Crippen LogP contribution in [0.5, 0.6) is 0 Å². The third kappa shape index (κ3) is 2.79.